The van der Waals surface area contributed by atoms with Gasteiger partial charge in [-0.3, -0.25) is 0 Å². The summed E-state index contributed by atoms with van der Waals surface area (Å²) >= 11 is 1.93. The average Bonchev–Trinajstić information content (AvgIpc) is 1.57. The largest absolute Gasteiger partial charge is 0.470 e. The van der Waals surface area contributed by atoms with Gasteiger partial charge in [0.1, 0.15) is 62.7 Å². The molecule has 30 rings (SSSR count). The van der Waals surface area contributed by atoms with Crippen LogP contribution in [0.5, 0.6) is 46.0 Å². The van der Waals surface area contributed by atoms with Crippen LogP contribution in [0.15, 0.2) is 372 Å². The van der Waals surface area contributed by atoms with E-state index in [0.29, 0.717) is 6.71 Å². The van der Waals surface area contributed by atoms with E-state index in [1.165, 1.54) is 169 Å². The highest BCUT2D eigenvalue weighted by atomic mass is 32.1. The van der Waals surface area contributed by atoms with Crippen LogP contribution in [0.4, 0.5) is 0 Å². The maximum atomic E-state index is 6.67. The van der Waals surface area contributed by atoms with Crippen molar-refractivity contribution in [2.75, 3.05) is 0 Å². The lowest BCUT2D eigenvalue weighted by Crippen LogP contribution is -2.54. The Labute approximate surface area is 701 Å². The van der Waals surface area contributed by atoms with Gasteiger partial charge in [-0.15, -0.1) is 11.3 Å². The van der Waals surface area contributed by atoms with E-state index in [9.17, 15) is 0 Å². The van der Waals surface area contributed by atoms with Crippen LogP contribution in [0.3, 0.4) is 0 Å². The van der Waals surface area contributed by atoms with Gasteiger partial charge in [-0.1, -0.05) is 292 Å². The predicted octanol–water partition coefficient (Wildman–Crippen LogP) is 20.7. The van der Waals surface area contributed by atoms with Crippen molar-refractivity contribution in [1.82, 2.24) is 4.57 Å². The van der Waals surface area contributed by atoms with Gasteiger partial charge in [0.05, 0.1) is 11.2 Å². The highest BCUT2D eigenvalue weighted by Gasteiger charge is 2.53. The summed E-state index contributed by atoms with van der Waals surface area (Å²) in [6.45, 7) is 5.51. The van der Waals surface area contributed by atoms with E-state index >= 15 is 0 Å². The number of para-hydroxylation sites is 7. The number of nitrogens with zero attached hydrogens (tertiary/aromatic N) is 1. The van der Waals surface area contributed by atoms with Crippen LogP contribution in [-0.2, 0) is 5.41 Å². The minimum absolute atomic E-state index is 0.0555. The molecule has 0 atom stereocenters. The van der Waals surface area contributed by atoms with Crippen molar-refractivity contribution in [3.05, 3.63) is 380 Å². The van der Waals surface area contributed by atoms with Gasteiger partial charge >= 0.3 is 0 Å². The molecule has 0 saturated carbocycles. The maximum Gasteiger partial charge on any atom is 0.297 e. The Bertz CT molecular complexity index is 8030. The summed E-state index contributed by atoms with van der Waals surface area (Å²) in [7, 11) is 0. The zero-order valence-electron chi connectivity index (χ0n) is 65.7. The molecule has 8 aliphatic heterocycles. The summed E-state index contributed by atoms with van der Waals surface area (Å²) in [5.74, 6) is 7.71. The lowest BCUT2D eigenvalue weighted by Gasteiger charge is -2.32. The second kappa shape index (κ2) is 25.2. The highest BCUT2D eigenvalue weighted by Crippen LogP contribution is 2.55. The summed E-state index contributed by atoms with van der Waals surface area (Å²) in [6, 6.07) is 127. The molecule has 0 saturated heterocycles. The van der Waals surface area contributed by atoms with Gasteiger partial charge in [0, 0.05) is 59.6 Å². The number of rotatable bonds is 2. The van der Waals surface area contributed by atoms with Crippen LogP contribution in [0.2, 0.25) is 0 Å². The van der Waals surface area contributed by atoms with Crippen molar-refractivity contribution in [2.24, 2.45) is 0 Å². The van der Waals surface area contributed by atoms with Crippen LogP contribution in [0.25, 0.3) is 131 Å². The molecule has 9 aliphatic rings. The SMILES string of the molecule is CC1(C)C2=C(c3ccccc31)c1cccc3c1B2c1ccc(-c2cccc4c2oc2ccccc24)cc1O3.c1ccc(-n2c3c(c4ccccc42)-c2cccc4c2B3c2cc3ccc5ccccc5c3cc2O4)cc1.c1ccc2c(c1)Oc1cccc3c1B2c1oc2ccccc2c1-3.c1ccc2c(c1)Oc1cccc3c1B2c1sc2ccccc2c1-3. The van der Waals surface area contributed by atoms with Gasteiger partial charge in [-0.25, -0.2) is 0 Å². The molecule has 0 N–H and O–H groups in total. The molecular weight excluding hydrogens is 1490 g/mol. The third kappa shape index (κ3) is 9.42. The first-order valence-corrected chi connectivity index (χ1v) is 42.6. The Morgan fingerprint density at radius 2 is 0.826 bits per heavy atom. The third-order valence-electron chi connectivity index (χ3n) is 27.1. The van der Waals surface area contributed by atoms with Gasteiger partial charge in [0.15, 0.2) is 0 Å². The molecule has 7 nitrogen and oxygen atoms in total. The van der Waals surface area contributed by atoms with Gasteiger partial charge in [0.25, 0.3) is 20.1 Å². The molecule has 12 heteroatoms. The van der Waals surface area contributed by atoms with E-state index < -0.39 is 0 Å². The molecule has 21 aromatic rings. The van der Waals surface area contributed by atoms with Crippen LogP contribution in [-0.4, -0.2) is 31.4 Å². The van der Waals surface area contributed by atoms with E-state index in [1.807, 2.05) is 47.7 Å². The Morgan fingerprint density at radius 3 is 1.60 bits per heavy atom. The minimum atomic E-state index is -0.0555. The molecule has 0 amide bonds. The van der Waals surface area contributed by atoms with Crippen molar-refractivity contribution < 1.29 is 27.8 Å². The Kier molecular flexibility index (Phi) is 14.0. The molecule has 0 unspecified atom stereocenters. The topological polar surface area (TPSA) is 68.1 Å². The van der Waals surface area contributed by atoms with Crippen molar-refractivity contribution in [2.45, 2.75) is 19.3 Å². The molecule has 0 spiro atoms. The first-order chi connectivity index (χ1) is 59.8. The third-order valence-corrected chi connectivity index (χ3v) is 28.4. The Hall–Kier alpha value is -14.7. The number of ether oxygens (including phenoxy) is 4. The zero-order chi connectivity index (χ0) is 79.2. The van der Waals surface area contributed by atoms with Crippen molar-refractivity contribution in [3.63, 3.8) is 0 Å². The van der Waals surface area contributed by atoms with Crippen LogP contribution in [0, 0.1) is 0 Å². The summed E-state index contributed by atoms with van der Waals surface area (Å²) in [4.78, 5) is 0. The van der Waals surface area contributed by atoms with Crippen molar-refractivity contribution in [3.8, 4) is 96.2 Å². The molecule has 1 aliphatic carbocycles. The van der Waals surface area contributed by atoms with Crippen LogP contribution >= 0.6 is 11.3 Å². The van der Waals surface area contributed by atoms with Crippen LogP contribution in [0.1, 0.15) is 30.5 Å². The summed E-state index contributed by atoms with van der Waals surface area (Å²) in [5.41, 5.74) is 34.7. The fourth-order valence-corrected chi connectivity index (χ4v) is 23.6. The highest BCUT2D eigenvalue weighted by molar-refractivity contribution is 7.34. The molecule has 0 radical (unpaired) electrons. The second-order valence-electron chi connectivity index (χ2n) is 33.6. The first kappa shape index (κ1) is 67.3. The number of aromatic nitrogens is 1. The number of fused-ring (bicyclic) bond motifs is 33. The fourth-order valence-electron chi connectivity index (χ4n) is 22.2. The van der Waals surface area contributed by atoms with Gasteiger partial charge < -0.3 is 32.3 Å². The quantitative estimate of drug-likeness (QED) is 0.127. The molecule has 4 aromatic heterocycles. The molecule has 17 aromatic carbocycles. The molecule has 0 fully saturated rings. The van der Waals surface area contributed by atoms with Gasteiger partial charge in [-0.05, 0) is 210 Å². The second-order valence-corrected chi connectivity index (χ2v) is 34.7. The maximum absolute atomic E-state index is 6.67. The fraction of sp³-hybridized carbons (Fsp3) is 0.0275. The van der Waals surface area contributed by atoms with Gasteiger partial charge in [0.2, 0.25) is 6.71 Å². The van der Waals surface area contributed by atoms with Gasteiger partial charge in [-0.2, -0.15) is 0 Å². The number of benzene rings is 17. The Balaban J connectivity index is 0.0000000872. The lowest BCUT2D eigenvalue weighted by molar-refractivity contribution is 0.487. The smallest absolute Gasteiger partial charge is 0.297 e. The molecule has 560 valence electrons. The van der Waals surface area contributed by atoms with E-state index in [-0.39, 0.29) is 25.6 Å². The number of hydrogen-bond donors (Lipinski definition) is 0. The normalized spacial score (nSPS) is 14.1. The van der Waals surface area contributed by atoms with E-state index in [2.05, 4.69) is 340 Å². The monoisotopic (exact) mass is 1560 g/mol. The predicted molar refractivity (Wildman–Crippen MR) is 502 cm³/mol. The number of furan rings is 2. The van der Waals surface area contributed by atoms with E-state index in [1.54, 1.807) is 0 Å². The number of thiophene rings is 1. The zero-order valence-corrected chi connectivity index (χ0v) is 66.5. The first-order valence-electron chi connectivity index (χ1n) is 41.8. The van der Waals surface area contributed by atoms with E-state index in [0.717, 1.165) is 90.3 Å². The molecule has 12 heterocycles. The number of allylic oxidation sites excluding steroid dienone is 1. The lowest BCUT2D eigenvalue weighted by atomic mass is 9.33. The minimum Gasteiger partial charge on any atom is -0.470 e. The van der Waals surface area contributed by atoms with E-state index in [4.69, 9.17) is 27.8 Å². The summed E-state index contributed by atoms with van der Waals surface area (Å²) in [6.07, 6.45) is 0. The molecule has 0 bridgehead atoms. The Morgan fingerprint density at radius 1 is 0.306 bits per heavy atom. The average molecular weight is 1560 g/mol. The standard InChI is InChI=1S/C35H23BO2.C34H20BNO.C20H11BO2.C20H11BOS/c1-35(2)26-14-5-3-10-24(26)31-25-13-8-16-29-32(25)36(34(31)35)27-18-17-20(19-30(27)37-29)21-11-7-12-23-22-9-4-6-15-28(22)38-33(21)23;1-2-10-23(11-3-1)36-29-15-7-6-13-25(29)32-26-14-8-16-30-33(26)35(34(32)36)28-19-22-18-17-21-9-4-5-12-24(21)27(22)20-31(28)37-30;1-3-9-15-12(6-1)18-13-7-5-11-17-19(13)21(20(18)23-15)14-8-2-4-10-16(14)22-17;1-4-11-17-12(6-1)18-13-7-5-10-16-19(13)21(20(18)23-17)14-8-2-3-9-15(14)22-16/h3-19H,1-2H3;1-20H;2*1-11H. The molecular formula is C109H65B4NO6S. The summed E-state index contributed by atoms with van der Waals surface area (Å²) in [5, 5.41) is 11.1. The summed E-state index contributed by atoms with van der Waals surface area (Å²) < 4.78 is 43.6. The van der Waals surface area contributed by atoms with Crippen molar-refractivity contribution >= 4 is 179 Å². The van der Waals surface area contributed by atoms with Crippen LogP contribution < -0.4 is 78.7 Å². The van der Waals surface area contributed by atoms with Crippen molar-refractivity contribution in [1.29, 1.82) is 0 Å². The number of hydrogen-bond acceptors (Lipinski definition) is 7. The molecule has 121 heavy (non-hydrogen) atoms.